The fourth-order valence-electron chi connectivity index (χ4n) is 3.69. The summed E-state index contributed by atoms with van der Waals surface area (Å²) in [5.41, 5.74) is 2.38. The number of amides is 1. The predicted molar refractivity (Wildman–Crippen MR) is 107 cm³/mol. The normalized spacial score (nSPS) is 17.9. The highest BCUT2D eigenvalue weighted by molar-refractivity contribution is 7.92. The van der Waals surface area contributed by atoms with Gasteiger partial charge in [-0.3, -0.25) is 9.10 Å². The van der Waals surface area contributed by atoms with Gasteiger partial charge in [0.15, 0.2) is 0 Å². The number of rotatable bonds is 3. The summed E-state index contributed by atoms with van der Waals surface area (Å²) in [7, 11) is -2.09. The van der Waals surface area contributed by atoms with E-state index in [1.165, 1.54) is 22.6 Å². The molecule has 0 N–H and O–H groups in total. The Morgan fingerprint density at radius 1 is 1.14 bits per heavy atom. The maximum absolute atomic E-state index is 13.3. The molecule has 0 aromatic heterocycles. The molecule has 152 valence electrons. The molecule has 9 heteroatoms. The van der Waals surface area contributed by atoms with Gasteiger partial charge in [0, 0.05) is 12.1 Å². The Balaban J connectivity index is 1.68. The van der Waals surface area contributed by atoms with Crippen molar-refractivity contribution in [3.63, 3.8) is 0 Å². The lowest BCUT2D eigenvalue weighted by atomic mass is 10.1. The maximum Gasteiger partial charge on any atom is 0.348 e. The number of hydrogen-bond donors (Lipinski definition) is 0. The zero-order valence-corrected chi connectivity index (χ0v) is 16.8. The Kier molecular flexibility index (Phi) is 4.70. The third-order valence-electron chi connectivity index (χ3n) is 5.06. The number of sulfonamides is 1. The van der Waals surface area contributed by atoms with Gasteiger partial charge in [-0.2, -0.15) is 0 Å². The van der Waals surface area contributed by atoms with Crippen molar-refractivity contribution < 1.29 is 27.5 Å². The van der Waals surface area contributed by atoms with Crippen molar-refractivity contribution in [1.29, 1.82) is 0 Å². The summed E-state index contributed by atoms with van der Waals surface area (Å²) in [6.45, 7) is 0.381. The van der Waals surface area contributed by atoms with Crippen LogP contribution in [0.15, 0.2) is 42.5 Å². The monoisotopic (exact) mass is 416 g/mol. The van der Waals surface area contributed by atoms with Gasteiger partial charge in [0.25, 0.3) is 5.91 Å². The summed E-state index contributed by atoms with van der Waals surface area (Å²) in [6.07, 6.45) is 0.779. The lowest BCUT2D eigenvalue weighted by molar-refractivity contribution is -0.148. The molecular formula is C20H20N2O6S. The molecule has 0 unspecified atom stereocenters. The van der Waals surface area contributed by atoms with Crippen molar-refractivity contribution in [2.45, 2.75) is 12.5 Å². The standard InChI is InChI=1S/C20H20N2O6S/c1-27-20(24)18-12-21(16-5-3-4-6-17(16)28-18)19(23)14-7-8-15-13(11-14)9-10-22(15)29(2,25)26/h3-8,11,18H,9-10,12H2,1-2H3/t18-/m1/s1. The Labute approximate surface area is 168 Å². The number of fused-ring (bicyclic) bond motifs is 2. The number of methoxy groups -OCH3 is 1. The van der Waals surface area contributed by atoms with E-state index in [-0.39, 0.29) is 12.5 Å². The van der Waals surface area contributed by atoms with Crippen LogP contribution in [0.4, 0.5) is 11.4 Å². The van der Waals surface area contributed by atoms with Crippen molar-refractivity contribution in [2.75, 3.05) is 35.7 Å². The topological polar surface area (TPSA) is 93.2 Å². The molecule has 0 radical (unpaired) electrons. The highest BCUT2D eigenvalue weighted by atomic mass is 32.2. The number of carbonyl (C=O) groups excluding carboxylic acids is 2. The molecular weight excluding hydrogens is 396 g/mol. The van der Waals surface area contributed by atoms with Gasteiger partial charge in [0.1, 0.15) is 5.75 Å². The first-order chi connectivity index (χ1) is 13.8. The van der Waals surface area contributed by atoms with Gasteiger partial charge in [0.2, 0.25) is 16.1 Å². The summed E-state index contributed by atoms with van der Waals surface area (Å²) >= 11 is 0. The van der Waals surface area contributed by atoms with Crippen molar-refractivity contribution in [1.82, 2.24) is 0 Å². The van der Waals surface area contributed by atoms with Crippen LogP contribution in [0.2, 0.25) is 0 Å². The molecule has 0 saturated carbocycles. The average Bonchev–Trinajstić information content (AvgIpc) is 3.15. The van der Waals surface area contributed by atoms with E-state index in [2.05, 4.69) is 0 Å². The van der Waals surface area contributed by atoms with Crippen LogP contribution in [0.25, 0.3) is 0 Å². The van der Waals surface area contributed by atoms with Crippen LogP contribution in [-0.4, -0.2) is 52.9 Å². The minimum absolute atomic E-state index is 0.0229. The second-order valence-electron chi connectivity index (χ2n) is 6.94. The SMILES string of the molecule is COC(=O)[C@H]1CN(C(=O)c2ccc3c(c2)CCN3S(C)(=O)=O)c2ccccc2O1. The van der Waals surface area contributed by atoms with Crippen molar-refractivity contribution in [2.24, 2.45) is 0 Å². The van der Waals surface area contributed by atoms with Crippen LogP contribution in [0, 0.1) is 0 Å². The van der Waals surface area contributed by atoms with Crippen LogP contribution in [0.5, 0.6) is 5.75 Å². The van der Waals surface area contributed by atoms with Gasteiger partial charge >= 0.3 is 5.97 Å². The molecule has 1 atom stereocenters. The van der Waals surface area contributed by atoms with E-state index in [0.29, 0.717) is 35.7 Å². The Hall–Kier alpha value is -3.07. The lowest BCUT2D eigenvalue weighted by Crippen LogP contribution is -2.47. The number of esters is 1. The van der Waals surface area contributed by atoms with Crippen LogP contribution in [0.1, 0.15) is 15.9 Å². The van der Waals surface area contributed by atoms with E-state index in [9.17, 15) is 18.0 Å². The largest absolute Gasteiger partial charge is 0.475 e. The highest BCUT2D eigenvalue weighted by Gasteiger charge is 2.35. The first-order valence-corrected chi connectivity index (χ1v) is 10.9. The van der Waals surface area contributed by atoms with Gasteiger partial charge in [-0.1, -0.05) is 12.1 Å². The molecule has 0 bridgehead atoms. The summed E-state index contributed by atoms with van der Waals surface area (Å²) < 4.78 is 35.6. The first-order valence-electron chi connectivity index (χ1n) is 9.05. The quantitative estimate of drug-likeness (QED) is 0.706. The molecule has 4 rings (SSSR count). The average molecular weight is 416 g/mol. The van der Waals surface area contributed by atoms with E-state index in [1.807, 2.05) is 0 Å². The zero-order valence-electron chi connectivity index (χ0n) is 16.0. The van der Waals surface area contributed by atoms with Gasteiger partial charge in [0.05, 0.1) is 31.3 Å². The highest BCUT2D eigenvalue weighted by Crippen LogP contribution is 2.36. The fourth-order valence-corrected chi connectivity index (χ4v) is 4.64. The molecule has 0 saturated heterocycles. The van der Waals surface area contributed by atoms with Crippen molar-refractivity contribution >= 4 is 33.3 Å². The minimum Gasteiger partial charge on any atom is -0.475 e. The minimum atomic E-state index is -3.36. The second-order valence-corrected chi connectivity index (χ2v) is 8.85. The van der Waals surface area contributed by atoms with E-state index >= 15 is 0 Å². The van der Waals surface area contributed by atoms with Crippen molar-refractivity contribution in [3.05, 3.63) is 53.6 Å². The molecule has 2 aromatic carbocycles. The third kappa shape index (κ3) is 3.42. The molecule has 1 amide bonds. The third-order valence-corrected chi connectivity index (χ3v) is 6.24. The molecule has 8 nitrogen and oxygen atoms in total. The van der Waals surface area contributed by atoms with E-state index in [4.69, 9.17) is 9.47 Å². The van der Waals surface area contributed by atoms with Crippen LogP contribution < -0.4 is 13.9 Å². The maximum atomic E-state index is 13.3. The van der Waals surface area contributed by atoms with Gasteiger partial charge in [-0.05, 0) is 42.3 Å². The second kappa shape index (κ2) is 7.07. The summed E-state index contributed by atoms with van der Waals surface area (Å²) in [5.74, 6) is -0.433. The zero-order chi connectivity index (χ0) is 20.8. The number of nitrogens with zero attached hydrogens (tertiary/aromatic N) is 2. The summed E-state index contributed by atoms with van der Waals surface area (Å²) in [6, 6.07) is 12.0. The van der Waals surface area contributed by atoms with Gasteiger partial charge < -0.3 is 14.4 Å². The van der Waals surface area contributed by atoms with Gasteiger partial charge in [-0.25, -0.2) is 13.2 Å². The smallest absolute Gasteiger partial charge is 0.348 e. The molecule has 0 fully saturated rings. The molecule has 0 aliphatic carbocycles. The van der Waals surface area contributed by atoms with E-state index < -0.39 is 22.1 Å². The van der Waals surface area contributed by atoms with Gasteiger partial charge in [-0.15, -0.1) is 0 Å². The fraction of sp³-hybridized carbons (Fsp3) is 0.300. The molecule has 2 aliphatic heterocycles. The number of benzene rings is 2. The molecule has 2 aliphatic rings. The molecule has 2 aromatic rings. The van der Waals surface area contributed by atoms with E-state index in [1.54, 1.807) is 42.5 Å². The van der Waals surface area contributed by atoms with Crippen LogP contribution >= 0.6 is 0 Å². The number of carbonyl (C=O) groups is 2. The number of para-hydroxylation sites is 2. The molecule has 0 spiro atoms. The van der Waals surface area contributed by atoms with Crippen LogP contribution in [-0.2, 0) is 26.0 Å². The number of ether oxygens (including phenoxy) is 2. The molecule has 29 heavy (non-hydrogen) atoms. The van der Waals surface area contributed by atoms with Crippen molar-refractivity contribution in [3.8, 4) is 5.75 Å². The Bertz CT molecular complexity index is 1100. The Morgan fingerprint density at radius 3 is 2.62 bits per heavy atom. The van der Waals surface area contributed by atoms with Crippen LogP contribution in [0.3, 0.4) is 0 Å². The first kappa shape index (κ1) is 19.3. The predicted octanol–water partition coefficient (Wildman–Crippen LogP) is 1.59. The number of hydrogen-bond acceptors (Lipinski definition) is 6. The summed E-state index contributed by atoms with van der Waals surface area (Å²) in [4.78, 5) is 26.8. The lowest BCUT2D eigenvalue weighted by Gasteiger charge is -2.33. The molecule has 2 heterocycles. The Morgan fingerprint density at radius 2 is 1.90 bits per heavy atom. The number of anilines is 2. The van der Waals surface area contributed by atoms with E-state index in [0.717, 1.165) is 5.56 Å². The summed E-state index contributed by atoms with van der Waals surface area (Å²) in [5, 5.41) is 0.